The molecule has 168 valence electrons. The minimum Gasteiger partial charge on any atom is -0.475 e. The molecule has 3 aromatic rings. The summed E-state index contributed by atoms with van der Waals surface area (Å²) in [6.07, 6.45) is 8.40. The van der Waals surface area contributed by atoms with E-state index in [9.17, 15) is 5.11 Å². The fourth-order valence-electron chi connectivity index (χ4n) is 3.44. The van der Waals surface area contributed by atoms with E-state index in [1.807, 2.05) is 19.1 Å². The molecule has 9 nitrogen and oxygen atoms in total. The highest BCUT2D eigenvalue weighted by Gasteiger charge is 2.16. The van der Waals surface area contributed by atoms with E-state index in [1.165, 1.54) is 0 Å². The Morgan fingerprint density at radius 2 is 1.87 bits per heavy atom. The number of anilines is 1. The lowest BCUT2D eigenvalue weighted by molar-refractivity contribution is 0.133. The minimum atomic E-state index is -0.161. The van der Waals surface area contributed by atoms with Gasteiger partial charge in [0.1, 0.15) is 6.10 Å². The average Bonchev–Trinajstić information content (AvgIpc) is 3.13. The van der Waals surface area contributed by atoms with Gasteiger partial charge in [0, 0.05) is 31.7 Å². The molecule has 0 amide bonds. The van der Waals surface area contributed by atoms with Gasteiger partial charge in [-0.1, -0.05) is 32.8 Å². The summed E-state index contributed by atoms with van der Waals surface area (Å²) in [7, 11) is 0. The second kappa shape index (κ2) is 10.9. The molecule has 0 aliphatic heterocycles. The van der Waals surface area contributed by atoms with E-state index in [4.69, 9.17) is 15.2 Å². The van der Waals surface area contributed by atoms with E-state index in [0.29, 0.717) is 24.4 Å². The van der Waals surface area contributed by atoms with Crippen molar-refractivity contribution in [1.82, 2.24) is 24.6 Å². The Balaban J connectivity index is 1.77. The maximum atomic E-state index is 9.26. The molecule has 0 fully saturated rings. The summed E-state index contributed by atoms with van der Waals surface area (Å²) in [5.74, 6) is 0.873. The lowest BCUT2D eigenvalue weighted by atomic mass is 10.1. The molecule has 3 aromatic heterocycles. The summed E-state index contributed by atoms with van der Waals surface area (Å²) < 4.78 is 13.4. The third-order valence-corrected chi connectivity index (χ3v) is 4.97. The number of imidazole rings is 1. The molecule has 0 aliphatic carbocycles. The Morgan fingerprint density at radius 3 is 2.55 bits per heavy atom. The van der Waals surface area contributed by atoms with E-state index < -0.39 is 0 Å². The quantitative estimate of drug-likeness (QED) is 0.451. The topological polar surface area (TPSA) is 121 Å². The molecule has 31 heavy (non-hydrogen) atoms. The van der Waals surface area contributed by atoms with Crippen LogP contribution >= 0.6 is 0 Å². The third kappa shape index (κ3) is 6.04. The summed E-state index contributed by atoms with van der Waals surface area (Å²) in [5.41, 5.74) is 8.42. The molecule has 3 rings (SSSR count). The van der Waals surface area contributed by atoms with Gasteiger partial charge in [-0.15, -0.1) is 5.10 Å². The Hall–Kier alpha value is -2.94. The average molecular weight is 429 g/mol. The Labute approximate surface area is 182 Å². The molecule has 0 saturated heterocycles. The van der Waals surface area contributed by atoms with E-state index >= 15 is 0 Å². The van der Waals surface area contributed by atoms with Crippen molar-refractivity contribution < 1.29 is 14.6 Å². The summed E-state index contributed by atoms with van der Waals surface area (Å²) >= 11 is 0. The highest BCUT2D eigenvalue weighted by Crippen LogP contribution is 2.20. The number of nitrogens with zero attached hydrogens (tertiary/aromatic N) is 5. The SMILES string of the molecule is CCCC(C)Oc1ccc(Cc2cnc3c(N)nc(OC(CCC)CCO)nn23)cn1. The number of aliphatic hydroxyl groups excluding tert-OH is 1. The number of nitrogen functional groups attached to an aromatic ring is 1. The molecule has 0 aromatic carbocycles. The lowest BCUT2D eigenvalue weighted by Crippen LogP contribution is -2.20. The first-order valence-corrected chi connectivity index (χ1v) is 10.9. The van der Waals surface area contributed by atoms with Gasteiger partial charge in [-0.3, -0.25) is 0 Å². The van der Waals surface area contributed by atoms with Gasteiger partial charge in [0.2, 0.25) is 5.88 Å². The molecular formula is C22H32N6O3. The highest BCUT2D eigenvalue weighted by molar-refractivity contribution is 5.59. The molecule has 0 saturated carbocycles. The van der Waals surface area contributed by atoms with Gasteiger partial charge < -0.3 is 20.3 Å². The monoisotopic (exact) mass is 428 g/mol. The van der Waals surface area contributed by atoms with Crippen molar-refractivity contribution in [3.63, 3.8) is 0 Å². The van der Waals surface area contributed by atoms with Crippen LogP contribution in [0.25, 0.3) is 5.65 Å². The van der Waals surface area contributed by atoms with Crippen LogP contribution in [0, 0.1) is 0 Å². The maximum Gasteiger partial charge on any atom is 0.336 e. The molecule has 0 aliphatic rings. The van der Waals surface area contributed by atoms with Gasteiger partial charge in [-0.05, 0) is 25.3 Å². The summed E-state index contributed by atoms with van der Waals surface area (Å²) in [6.45, 7) is 6.29. The molecular weight excluding hydrogens is 396 g/mol. The third-order valence-electron chi connectivity index (χ3n) is 4.97. The van der Waals surface area contributed by atoms with Crippen LogP contribution in [-0.4, -0.2) is 48.5 Å². The molecule has 3 heterocycles. The number of hydrogen-bond acceptors (Lipinski definition) is 8. The lowest BCUT2D eigenvalue weighted by Gasteiger charge is -2.16. The first-order valence-electron chi connectivity index (χ1n) is 10.9. The van der Waals surface area contributed by atoms with Gasteiger partial charge in [-0.2, -0.15) is 4.98 Å². The van der Waals surface area contributed by atoms with Crippen LogP contribution in [-0.2, 0) is 6.42 Å². The summed E-state index contributed by atoms with van der Waals surface area (Å²) in [5, 5.41) is 13.7. The molecule has 2 atom stereocenters. The van der Waals surface area contributed by atoms with Crippen LogP contribution in [0.1, 0.15) is 64.1 Å². The van der Waals surface area contributed by atoms with E-state index in [0.717, 1.165) is 36.9 Å². The fraction of sp³-hybridized carbons (Fsp3) is 0.545. The molecule has 3 N–H and O–H groups in total. The molecule has 0 bridgehead atoms. The Morgan fingerprint density at radius 1 is 1.06 bits per heavy atom. The van der Waals surface area contributed by atoms with Crippen molar-refractivity contribution in [1.29, 1.82) is 0 Å². The van der Waals surface area contributed by atoms with Crippen molar-refractivity contribution in [2.75, 3.05) is 12.3 Å². The number of hydrogen-bond donors (Lipinski definition) is 2. The number of aliphatic hydroxyl groups is 1. The van der Waals surface area contributed by atoms with E-state index in [2.05, 4.69) is 33.9 Å². The van der Waals surface area contributed by atoms with Crippen LogP contribution in [0.5, 0.6) is 11.9 Å². The van der Waals surface area contributed by atoms with Gasteiger partial charge in [0.15, 0.2) is 11.5 Å². The Bertz CT molecular complexity index is 954. The van der Waals surface area contributed by atoms with Crippen LogP contribution in [0.3, 0.4) is 0 Å². The Kier molecular flexibility index (Phi) is 8.00. The van der Waals surface area contributed by atoms with Crippen molar-refractivity contribution in [2.24, 2.45) is 0 Å². The first kappa shape index (κ1) is 22.7. The number of pyridine rings is 1. The molecule has 0 radical (unpaired) electrons. The largest absolute Gasteiger partial charge is 0.475 e. The number of rotatable bonds is 12. The number of nitrogens with two attached hydrogens (primary N) is 1. The summed E-state index contributed by atoms with van der Waals surface area (Å²) in [4.78, 5) is 13.0. The van der Waals surface area contributed by atoms with Crippen molar-refractivity contribution in [3.8, 4) is 11.9 Å². The second-order valence-corrected chi connectivity index (χ2v) is 7.70. The summed E-state index contributed by atoms with van der Waals surface area (Å²) in [6, 6.07) is 4.05. The van der Waals surface area contributed by atoms with Gasteiger partial charge in [0.25, 0.3) is 0 Å². The minimum absolute atomic E-state index is 0.0443. The fourth-order valence-corrected chi connectivity index (χ4v) is 3.44. The molecule has 2 unspecified atom stereocenters. The highest BCUT2D eigenvalue weighted by atomic mass is 16.5. The predicted octanol–water partition coefficient (Wildman–Crippen LogP) is 3.19. The van der Waals surface area contributed by atoms with Crippen LogP contribution in [0.15, 0.2) is 24.5 Å². The van der Waals surface area contributed by atoms with Crippen LogP contribution in [0.2, 0.25) is 0 Å². The van der Waals surface area contributed by atoms with Crippen LogP contribution < -0.4 is 15.2 Å². The van der Waals surface area contributed by atoms with Crippen molar-refractivity contribution in [2.45, 2.75) is 71.5 Å². The second-order valence-electron chi connectivity index (χ2n) is 7.70. The standard InChI is InChI=1S/C22H32N6O3/c1-4-6-15(3)30-19-9-8-16(13-24-19)12-17-14-25-21-20(23)26-22(27-28(17)21)31-18(7-5-2)10-11-29/h8-9,13-15,18,29H,4-7,10-12H2,1-3H3,(H2,23,26,27). The van der Waals surface area contributed by atoms with Gasteiger partial charge >= 0.3 is 6.01 Å². The van der Waals surface area contributed by atoms with Gasteiger partial charge in [-0.25, -0.2) is 14.5 Å². The zero-order valence-electron chi connectivity index (χ0n) is 18.5. The van der Waals surface area contributed by atoms with E-state index in [-0.39, 0.29) is 30.6 Å². The number of aromatic nitrogens is 5. The number of ether oxygens (including phenoxy) is 2. The molecule has 9 heteroatoms. The van der Waals surface area contributed by atoms with Crippen molar-refractivity contribution in [3.05, 3.63) is 35.8 Å². The zero-order chi connectivity index (χ0) is 22.2. The zero-order valence-corrected chi connectivity index (χ0v) is 18.5. The number of fused-ring (bicyclic) bond motifs is 1. The predicted molar refractivity (Wildman–Crippen MR) is 118 cm³/mol. The normalized spacial score (nSPS) is 13.3. The van der Waals surface area contributed by atoms with Crippen LogP contribution in [0.4, 0.5) is 5.82 Å². The van der Waals surface area contributed by atoms with Gasteiger partial charge in [0.05, 0.1) is 18.0 Å². The smallest absolute Gasteiger partial charge is 0.336 e. The molecule has 0 spiro atoms. The van der Waals surface area contributed by atoms with Crippen molar-refractivity contribution >= 4 is 11.5 Å². The first-order chi connectivity index (χ1) is 15.0. The van der Waals surface area contributed by atoms with E-state index in [1.54, 1.807) is 16.9 Å². The maximum absolute atomic E-state index is 9.26.